The quantitative estimate of drug-likeness (QED) is 0.425. The topological polar surface area (TPSA) is 93.9 Å². The van der Waals surface area contributed by atoms with E-state index < -0.39 is 5.09 Å². The van der Waals surface area contributed by atoms with Crippen molar-refractivity contribution in [3.05, 3.63) is 16.3 Å². The Morgan fingerprint density at radius 3 is 3.11 bits per heavy atom. The molecule has 0 bridgehead atoms. The van der Waals surface area contributed by atoms with Crippen LogP contribution in [0, 0.1) is 10.1 Å². The fourth-order valence-electron chi connectivity index (χ4n) is 0.311. The highest BCUT2D eigenvalue weighted by Crippen LogP contribution is 1.97. The van der Waals surface area contributed by atoms with Gasteiger partial charge in [-0.15, -0.1) is 15.2 Å². The van der Waals surface area contributed by atoms with Gasteiger partial charge in [0.05, 0.1) is 6.20 Å². The molecule has 0 unspecified atom stereocenters. The molecule has 0 radical (unpaired) electrons. The molecule has 7 heteroatoms. The zero-order chi connectivity index (χ0) is 6.69. The van der Waals surface area contributed by atoms with Crippen LogP contribution in [0.5, 0.6) is 5.88 Å². The summed E-state index contributed by atoms with van der Waals surface area (Å²) in [4.78, 5) is 13.4. The van der Waals surface area contributed by atoms with E-state index in [0.29, 0.717) is 0 Å². The standard InChI is InChI=1S/C2H2N4O3/c7-6(8)9-2-1-3-5-4-2/h1H,(H,3,4,5). The average Bonchev–Trinajstić information content (AvgIpc) is 2.15. The summed E-state index contributed by atoms with van der Waals surface area (Å²) in [7, 11) is 0. The minimum Gasteiger partial charge on any atom is -0.252 e. The van der Waals surface area contributed by atoms with Crippen molar-refractivity contribution < 1.29 is 9.92 Å². The van der Waals surface area contributed by atoms with E-state index in [9.17, 15) is 10.1 Å². The van der Waals surface area contributed by atoms with Gasteiger partial charge in [-0.3, -0.25) is 4.84 Å². The number of hydrogen-bond donors (Lipinski definition) is 1. The normalized spacial score (nSPS) is 8.89. The molecule has 1 rings (SSSR count). The van der Waals surface area contributed by atoms with Crippen LogP contribution >= 0.6 is 0 Å². The van der Waals surface area contributed by atoms with Crippen LogP contribution in [-0.2, 0) is 0 Å². The highest BCUT2D eigenvalue weighted by atomic mass is 17.0. The molecule has 1 aromatic heterocycles. The van der Waals surface area contributed by atoms with Gasteiger partial charge in [0, 0.05) is 0 Å². The predicted molar refractivity (Wildman–Crippen MR) is 24.0 cm³/mol. The van der Waals surface area contributed by atoms with Crippen LogP contribution in [0.25, 0.3) is 0 Å². The predicted octanol–water partition coefficient (Wildman–Crippen LogP) is -0.625. The number of hydrogen-bond acceptors (Lipinski definition) is 5. The smallest absolute Gasteiger partial charge is 0.252 e. The number of nitrogens with one attached hydrogen (secondary N) is 1. The molecule has 0 aliphatic carbocycles. The Kier molecular flexibility index (Phi) is 1.26. The van der Waals surface area contributed by atoms with E-state index in [0.717, 1.165) is 6.20 Å². The summed E-state index contributed by atoms with van der Waals surface area (Å²) in [5.41, 5.74) is 0. The molecule has 0 spiro atoms. The fourth-order valence-corrected chi connectivity index (χ4v) is 0.311. The van der Waals surface area contributed by atoms with Crippen LogP contribution in [0.2, 0.25) is 0 Å². The highest BCUT2D eigenvalue weighted by Gasteiger charge is 1.99. The molecule has 9 heavy (non-hydrogen) atoms. The average molecular weight is 130 g/mol. The third-order valence-electron chi connectivity index (χ3n) is 0.561. The van der Waals surface area contributed by atoms with Crippen LogP contribution in [0.3, 0.4) is 0 Å². The number of aromatic amines is 1. The lowest BCUT2D eigenvalue weighted by molar-refractivity contribution is -0.712. The Balaban J connectivity index is 2.58. The summed E-state index contributed by atoms with van der Waals surface area (Å²) >= 11 is 0. The van der Waals surface area contributed by atoms with Crippen molar-refractivity contribution in [2.45, 2.75) is 0 Å². The molecule has 0 aliphatic heterocycles. The van der Waals surface area contributed by atoms with E-state index in [1.54, 1.807) is 0 Å². The van der Waals surface area contributed by atoms with Gasteiger partial charge in [0.25, 0.3) is 5.88 Å². The zero-order valence-corrected chi connectivity index (χ0v) is 4.14. The largest absolute Gasteiger partial charge is 0.301 e. The van der Waals surface area contributed by atoms with Gasteiger partial charge in [-0.2, -0.15) is 10.3 Å². The van der Waals surface area contributed by atoms with Crippen LogP contribution in [0.1, 0.15) is 0 Å². The number of H-pyrrole nitrogens is 1. The third-order valence-corrected chi connectivity index (χ3v) is 0.561. The van der Waals surface area contributed by atoms with Crippen LogP contribution in [-0.4, -0.2) is 20.5 Å². The van der Waals surface area contributed by atoms with Crippen molar-refractivity contribution >= 4 is 0 Å². The monoisotopic (exact) mass is 130 g/mol. The Morgan fingerprint density at radius 1 is 1.89 bits per heavy atom. The van der Waals surface area contributed by atoms with Crippen LogP contribution < -0.4 is 4.84 Å². The second-order valence-electron chi connectivity index (χ2n) is 1.12. The first-order chi connectivity index (χ1) is 4.29. The molecule has 0 saturated carbocycles. The van der Waals surface area contributed by atoms with E-state index >= 15 is 0 Å². The Morgan fingerprint density at radius 2 is 2.67 bits per heavy atom. The zero-order valence-electron chi connectivity index (χ0n) is 4.14. The van der Waals surface area contributed by atoms with Gasteiger partial charge in [-0.25, -0.2) is 0 Å². The Labute approximate surface area is 48.7 Å². The van der Waals surface area contributed by atoms with Crippen molar-refractivity contribution in [2.24, 2.45) is 0 Å². The summed E-state index contributed by atoms with van der Waals surface area (Å²) in [5, 5.41) is 17.3. The highest BCUT2D eigenvalue weighted by molar-refractivity contribution is 4.95. The van der Waals surface area contributed by atoms with Crippen LogP contribution in [0.4, 0.5) is 0 Å². The molecule has 1 aromatic rings. The van der Waals surface area contributed by atoms with Crippen molar-refractivity contribution in [1.82, 2.24) is 15.4 Å². The molecular formula is C2H2N4O3. The summed E-state index contributed by atoms with van der Waals surface area (Å²) in [6, 6.07) is 0. The minimum absolute atomic E-state index is 0.153. The number of aromatic nitrogens is 3. The lowest BCUT2D eigenvalue weighted by atomic mass is 10.9. The van der Waals surface area contributed by atoms with Crippen molar-refractivity contribution in [2.75, 3.05) is 0 Å². The van der Waals surface area contributed by atoms with Crippen molar-refractivity contribution in [1.29, 1.82) is 0 Å². The summed E-state index contributed by atoms with van der Waals surface area (Å²) in [5.74, 6) is -0.153. The molecule has 0 aromatic carbocycles. The Bertz CT molecular complexity index is 194. The Hall–Kier alpha value is -1.66. The van der Waals surface area contributed by atoms with Gasteiger partial charge in [0.15, 0.2) is 0 Å². The second kappa shape index (κ2) is 2.07. The maximum Gasteiger partial charge on any atom is 0.301 e. The summed E-state index contributed by atoms with van der Waals surface area (Å²) < 4.78 is 0. The fraction of sp³-hybridized carbons (Fsp3) is 0. The third kappa shape index (κ3) is 1.37. The second-order valence-corrected chi connectivity index (χ2v) is 1.12. The molecule has 0 atom stereocenters. The molecule has 0 saturated heterocycles. The van der Waals surface area contributed by atoms with Crippen molar-refractivity contribution in [3.63, 3.8) is 0 Å². The van der Waals surface area contributed by atoms with E-state index in [1.165, 1.54) is 0 Å². The first-order valence-corrected chi connectivity index (χ1v) is 1.97. The molecule has 0 fully saturated rings. The molecule has 1 heterocycles. The lowest BCUT2D eigenvalue weighted by Gasteiger charge is -1.84. The van der Waals surface area contributed by atoms with E-state index in [4.69, 9.17) is 0 Å². The van der Waals surface area contributed by atoms with E-state index in [1.807, 2.05) is 0 Å². The SMILES string of the molecule is O=[N+]([O-])Oc1cn[nH]n1. The van der Waals surface area contributed by atoms with Crippen LogP contribution in [0.15, 0.2) is 6.20 Å². The molecule has 7 nitrogen and oxygen atoms in total. The van der Waals surface area contributed by atoms with Gasteiger partial charge in [0.1, 0.15) is 0 Å². The molecule has 0 amide bonds. The van der Waals surface area contributed by atoms with E-state index in [-0.39, 0.29) is 5.88 Å². The van der Waals surface area contributed by atoms with Gasteiger partial charge >= 0.3 is 5.09 Å². The molecular weight excluding hydrogens is 128 g/mol. The molecule has 1 N–H and O–H groups in total. The lowest BCUT2D eigenvalue weighted by Crippen LogP contribution is -2.03. The van der Waals surface area contributed by atoms with Gasteiger partial charge in [0.2, 0.25) is 0 Å². The maximum atomic E-state index is 9.57. The van der Waals surface area contributed by atoms with Crippen molar-refractivity contribution in [3.8, 4) is 5.88 Å². The first kappa shape index (κ1) is 5.48. The summed E-state index contributed by atoms with van der Waals surface area (Å²) in [6.07, 6.45) is 1.10. The molecule has 48 valence electrons. The van der Waals surface area contributed by atoms with Gasteiger partial charge in [-0.1, -0.05) is 0 Å². The van der Waals surface area contributed by atoms with E-state index in [2.05, 4.69) is 20.2 Å². The number of nitrogens with zero attached hydrogens (tertiary/aromatic N) is 3. The minimum atomic E-state index is -0.960. The summed E-state index contributed by atoms with van der Waals surface area (Å²) in [6.45, 7) is 0. The number of rotatable bonds is 2. The maximum absolute atomic E-state index is 9.57. The molecule has 0 aliphatic rings. The van der Waals surface area contributed by atoms with Gasteiger partial charge < -0.3 is 0 Å². The van der Waals surface area contributed by atoms with Gasteiger partial charge in [-0.05, 0) is 0 Å². The first-order valence-electron chi connectivity index (χ1n) is 1.97.